The monoisotopic (exact) mass is 494 g/mol. The number of fused-ring (bicyclic) bond motifs is 2. The summed E-state index contributed by atoms with van der Waals surface area (Å²) in [6.45, 7) is 1.31. The number of rotatable bonds is 5. The maximum absolute atomic E-state index is 13.4. The van der Waals surface area contributed by atoms with Crippen LogP contribution in [0.15, 0.2) is 78.2 Å². The number of imide groups is 1. The lowest BCUT2D eigenvalue weighted by molar-refractivity contribution is 0.0229. The summed E-state index contributed by atoms with van der Waals surface area (Å²) in [5.74, 6) is -1.65. The smallest absolute Gasteiger partial charge is 0.340 e. The zero-order valence-corrected chi connectivity index (χ0v) is 19.9. The number of aromatic nitrogens is 3. The SMILES string of the molecule is Cc1nn(-c2ccccc2)c2nc(-c3cccs3)cc(C(=O)OCN3C(=O)c4ccccc4C3=O)c12. The van der Waals surface area contributed by atoms with E-state index in [2.05, 4.69) is 5.10 Å². The van der Waals surface area contributed by atoms with Crippen molar-refractivity contribution in [3.63, 3.8) is 0 Å². The van der Waals surface area contributed by atoms with Crippen LogP contribution in [0.1, 0.15) is 36.8 Å². The second-order valence-corrected chi connectivity index (χ2v) is 9.16. The molecular weight excluding hydrogens is 476 g/mol. The van der Waals surface area contributed by atoms with Gasteiger partial charge in [0, 0.05) is 0 Å². The fraction of sp³-hybridized carbons (Fsp3) is 0.0741. The van der Waals surface area contributed by atoms with Crippen LogP contribution in [0.5, 0.6) is 0 Å². The van der Waals surface area contributed by atoms with Crippen LogP contribution in [0.25, 0.3) is 27.3 Å². The number of nitrogens with zero attached hydrogens (tertiary/aromatic N) is 4. The molecule has 9 heteroatoms. The van der Waals surface area contributed by atoms with Gasteiger partial charge in [0.15, 0.2) is 12.4 Å². The van der Waals surface area contributed by atoms with Gasteiger partial charge in [-0.2, -0.15) is 5.10 Å². The van der Waals surface area contributed by atoms with Crippen molar-refractivity contribution in [2.45, 2.75) is 6.92 Å². The summed E-state index contributed by atoms with van der Waals surface area (Å²) < 4.78 is 7.22. The first-order chi connectivity index (χ1) is 17.5. The Labute approximate surface area is 209 Å². The van der Waals surface area contributed by atoms with Crippen molar-refractivity contribution in [1.82, 2.24) is 19.7 Å². The molecule has 6 rings (SSSR count). The number of carbonyl (C=O) groups is 3. The maximum atomic E-state index is 13.4. The van der Waals surface area contributed by atoms with Crippen molar-refractivity contribution in [1.29, 1.82) is 0 Å². The summed E-state index contributed by atoms with van der Waals surface area (Å²) in [6, 6.07) is 21.6. The lowest BCUT2D eigenvalue weighted by Gasteiger charge is -2.14. The second kappa shape index (κ2) is 8.54. The van der Waals surface area contributed by atoms with E-state index in [0.717, 1.165) is 15.5 Å². The summed E-state index contributed by atoms with van der Waals surface area (Å²) in [5, 5.41) is 7.12. The molecule has 176 valence electrons. The van der Waals surface area contributed by atoms with Gasteiger partial charge in [0.1, 0.15) is 0 Å². The van der Waals surface area contributed by atoms with Crippen molar-refractivity contribution in [3.8, 4) is 16.3 Å². The van der Waals surface area contributed by atoms with Gasteiger partial charge < -0.3 is 4.74 Å². The summed E-state index contributed by atoms with van der Waals surface area (Å²) in [5.41, 5.74) is 3.37. The van der Waals surface area contributed by atoms with Crippen molar-refractivity contribution >= 4 is 40.2 Å². The van der Waals surface area contributed by atoms with Gasteiger partial charge in [0.2, 0.25) is 0 Å². The minimum absolute atomic E-state index is 0.264. The van der Waals surface area contributed by atoms with Gasteiger partial charge in [-0.15, -0.1) is 11.3 Å². The summed E-state index contributed by atoms with van der Waals surface area (Å²) >= 11 is 1.50. The Morgan fingerprint density at radius 1 is 0.944 bits per heavy atom. The number of hydrogen-bond acceptors (Lipinski definition) is 7. The number of amides is 2. The van der Waals surface area contributed by atoms with E-state index >= 15 is 0 Å². The van der Waals surface area contributed by atoms with E-state index in [4.69, 9.17) is 9.72 Å². The zero-order chi connectivity index (χ0) is 24.8. The molecule has 8 nitrogen and oxygen atoms in total. The molecule has 0 saturated heterocycles. The van der Waals surface area contributed by atoms with Crippen LogP contribution in [-0.2, 0) is 4.74 Å². The third kappa shape index (κ3) is 3.48. The Morgan fingerprint density at radius 2 is 1.64 bits per heavy atom. The first-order valence-electron chi connectivity index (χ1n) is 11.1. The van der Waals surface area contributed by atoms with Crippen LogP contribution in [0.4, 0.5) is 0 Å². The van der Waals surface area contributed by atoms with Crippen LogP contribution >= 0.6 is 11.3 Å². The molecule has 2 amide bonds. The molecule has 1 aliphatic rings. The van der Waals surface area contributed by atoms with Gasteiger partial charge in [-0.1, -0.05) is 36.4 Å². The Kier molecular flexibility index (Phi) is 5.19. The predicted octanol–water partition coefficient (Wildman–Crippen LogP) is 4.87. The molecule has 0 aliphatic carbocycles. The van der Waals surface area contributed by atoms with Crippen molar-refractivity contribution in [2.75, 3.05) is 6.73 Å². The molecular formula is C27H18N4O4S. The molecule has 3 aromatic heterocycles. The average molecular weight is 495 g/mol. The molecule has 0 saturated carbocycles. The third-order valence-electron chi connectivity index (χ3n) is 6.01. The molecule has 0 spiro atoms. The van der Waals surface area contributed by atoms with E-state index in [1.807, 2.05) is 47.8 Å². The van der Waals surface area contributed by atoms with E-state index in [9.17, 15) is 14.4 Å². The molecule has 0 atom stereocenters. The fourth-order valence-corrected chi connectivity index (χ4v) is 4.99. The average Bonchev–Trinajstić information content (AvgIpc) is 3.62. The highest BCUT2D eigenvalue weighted by atomic mass is 32.1. The summed E-state index contributed by atoms with van der Waals surface area (Å²) in [4.78, 5) is 45.4. The van der Waals surface area contributed by atoms with E-state index in [-0.39, 0.29) is 5.56 Å². The van der Waals surface area contributed by atoms with Crippen LogP contribution < -0.4 is 0 Å². The first-order valence-corrected chi connectivity index (χ1v) is 12.0. The molecule has 0 fully saturated rings. The molecule has 4 heterocycles. The topological polar surface area (TPSA) is 94.4 Å². The lowest BCUT2D eigenvalue weighted by Crippen LogP contribution is -2.33. The zero-order valence-electron chi connectivity index (χ0n) is 19.0. The van der Waals surface area contributed by atoms with Crippen LogP contribution in [0.3, 0.4) is 0 Å². The van der Waals surface area contributed by atoms with Gasteiger partial charge in [0.25, 0.3) is 11.8 Å². The number of esters is 1. The Balaban J connectivity index is 1.40. The molecule has 5 aromatic rings. The number of aryl methyl sites for hydroxylation is 1. The lowest BCUT2D eigenvalue weighted by atomic mass is 10.1. The van der Waals surface area contributed by atoms with Crippen molar-refractivity contribution < 1.29 is 19.1 Å². The molecule has 36 heavy (non-hydrogen) atoms. The Morgan fingerprint density at radius 3 is 2.31 bits per heavy atom. The molecule has 0 radical (unpaired) electrons. The largest absolute Gasteiger partial charge is 0.440 e. The number of para-hydroxylation sites is 1. The van der Waals surface area contributed by atoms with E-state index in [0.29, 0.717) is 33.5 Å². The number of carbonyl (C=O) groups excluding carboxylic acids is 3. The molecule has 1 aliphatic heterocycles. The molecule has 0 bridgehead atoms. The highest BCUT2D eigenvalue weighted by Gasteiger charge is 2.36. The van der Waals surface area contributed by atoms with Gasteiger partial charge >= 0.3 is 5.97 Å². The normalized spacial score (nSPS) is 12.9. The summed E-state index contributed by atoms with van der Waals surface area (Å²) in [7, 11) is 0. The van der Waals surface area contributed by atoms with Crippen LogP contribution in [0.2, 0.25) is 0 Å². The number of ether oxygens (including phenoxy) is 1. The second-order valence-electron chi connectivity index (χ2n) is 8.21. The van der Waals surface area contributed by atoms with Crippen molar-refractivity contribution in [2.24, 2.45) is 0 Å². The number of benzene rings is 2. The number of thiophene rings is 1. The van der Waals surface area contributed by atoms with Gasteiger partial charge in [-0.05, 0) is 48.7 Å². The fourth-order valence-electron chi connectivity index (χ4n) is 4.31. The first kappa shape index (κ1) is 21.9. The predicted molar refractivity (Wildman–Crippen MR) is 134 cm³/mol. The highest BCUT2D eigenvalue weighted by molar-refractivity contribution is 7.13. The standard InChI is InChI=1S/C27H18N4O4S/c1-16-23-20(27(34)35-15-30-25(32)18-10-5-6-11-19(18)26(30)33)14-21(22-12-7-13-36-22)28-24(23)31(29-16)17-8-3-2-4-9-17/h2-14H,15H2,1H3. The van der Waals surface area contributed by atoms with Gasteiger partial charge in [0.05, 0.1) is 44.0 Å². The molecule has 0 unspecified atom stereocenters. The Hall–Kier alpha value is -4.63. The summed E-state index contributed by atoms with van der Waals surface area (Å²) in [6.07, 6.45) is 0. The van der Waals surface area contributed by atoms with Gasteiger partial charge in [-0.3, -0.25) is 9.59 Å². The Bertz CT molecular complexity index is 1620. The molecule has 0 N–H and O–H groups in total. The highest BCUT2D eigenvalue weighted by Crippen LogP contribution is 2.31. The van der Waals surface area contributed by atoms with E-state index < -0.39 is 24.5 Å². The van der Waals surface area contributed by atoms with Gasteiger partial charge in [-0.25, -0.2) is 19.4 Å². The third-order valence-corrected chi connectivity index (χ3v) is 6.90. The van der Waals surface area contributed by atoms with E-state index in [1.54, 1.807) is 41.9 Å². The van der Waals surface area contributed by atoms with Crippen LogP contribution in [0, 0.1) is 6.92 Å². The quantitative estimate of drug-likeness (QED) is 0.256. The van der Waals surface area contributed by atoms with Crippen molar-refractivity contribution in [3.05, 3.63) is 101 Å². The maximum Gasteiger partial charge on any atom is 0.340 e. The molecule has 2 aromatic carbocycles. The minimum atomic E-state index is -0.674. The van der Waals surface area contributed by atoms with Crippen LogP contribution in [-0.4, -0.2) is 44.2 Å². The number of hydrogen-bond donors (Lipinski definition) is 0. The number of pyridine rings is 1. The van der Waals surface area contributed by atoms with E-state index in [1.165, 1.54) is 11.3 Å². The minimum Gasteiger partial charge on any atom is -0.440 e.